The lowest BCUT2D eigenvalue weighted by atomic mass is 9.99. The fourth-order valence-corrected chi connectivity index (χ4v) is 2.72. The summed E-state index contributed by atoms with van der Waals surface area (Å²) in [4.78, 5) is 11.7. The van der Waals surface area contributed by atoms with E-state index in [0.717, 1.165) is 5.56 Å². The van der Waals surface area contributed by atoms with E-state index in [1.54, 1.807) is 0 Å². The van der Waals surface area contributed by atoms with Crippen molar-refractivity contribution in [3.63, 3.8) is 0 Å². The predicted molar refractivity (Wildman–Crippen MR) is 85.9 cm³/mol. The molecule has 0 unspecified atom stereocenters. The van der Waals surface area contributed by atoms with Gasteiger partial charge >= 0.3 is 0 Å². The van der Waals surface area contributed by atoms with Crippen molar-refractivity contribution in [2.45, 2.75) is 33.4 Å². The maximum absolute atomic E-state index is 11.7. The molecule has 21 heavy (non-hydrogen) atoms. The second-order valence-electron chi connectivity index (χ2n) is 5.50. The van der Waals surface area contributed by atoms with E-state index in [1.807, 2.05) is 30.3 Å². The Labute approximate surface area is 126 Å². The van der Waals surface area contributed by atoms with Crippen LogP contribution in [0.5, 0.6) is 0 Å². The molecule has 110 valence electrons. The fourth-order valence-electron chi connectivity index (χ4n) is 2.72. The van der Waals surface area contributed by atoms with Crippen molar-refractivity contribution >= 4 is 5.91 Å². The lowest BCUT2D eigenvalue weighted by molar-refractivity contribution is -0.120. The van der Waals surface area contributed by atoms with Gasteiger partial charge < -0.3 is 5.73 Å². The van der Waals surface area contributed by atoms with E-state index in [4.69, 9.17) is 5.73 Å². The van der Waals surface area contributed by atoms with Crippen LogP contribution < -0.4 is 11.1 Å². The van der Waals surface area contributed by atoms with Gasteiger partial charge in [-0.2, -0.15) is 0 Å². The molecule has 3 nitrogen and oxygen atoms in total. The second-order valence-corrected chi connectivity index (χ2v) is 5.50. The van der Waals surface area contributed by atoms with E-state index >= 15 is 0 Å². The molecule has 0 fully saturated rings. The average Bonchev–Trinajstić information content (AvgIpc) is 2.42. The summed E-state index contributed by atoms with van der Waals surface area (Å²) in [6.45, 7) is 6.91. The molecule has 2 aromatic rings. The van der Waals surface area contributed by atoms with Gasteiger partial charge in [-0.05, 0) is 43.0 Å². The largest absolute Gasteiger partial charge is 0.368 e. The van der Waals surface area contributed by atoms with E-state index < -0.39 is 6.04 Å². The van der Waals surface area contributed by atoms with Crippen LogP contribution in [0.4, 0.5) is 0 Å². The first-order valence-electron chi connectivity index (χ1n) is 7.13. The monoisotopic (exact) mass is 282 g/mol. The van der Waals surface area contributed by atoms with Gasteiger partial charge in [0.1, 0.15) is 6.04 Å². The van der Waals surface area contributed by atoms with E-state index in [2.05, 4.69) is 38.2 Å². The number of aryl methyl sites for hydroxylation is 3. The Morgan fingerprint density at radius 1 is 1.10 bits per heavy atom. The number of carbonyl (C=O) groups is 1. The molecular formula is C18H22N2O. The molecule has 1 atom stereocenters. The molecule has 0 spiro atoms. The summed E-state index contributed by atoms with van der Waals surface area (Å²) in [5, 5.41) is 3.28. The third kappa shape index (κ3) is 3.70. The zero-order valence-electron chi connectivity index (χ0n) is 12.8. The van der Waals surface area contributed by atoms with Crippen molar-refractivity contribution in [1.82, 2.24) is 5.32 Å². The van der Waals surface area contributed by atoms with E-state index in [9.17, 15) is 4.79 Å². The standard InChI is InChI=1S/C18H22N2O/c1-12-9-13(2)16(14(3)10-12)11-20-17(18(19)21)15-7-5-4-6-8-15/h4-10,17,20H,11H2,1-3H3,(H2,19,21)/t17-/m0/s1. The Balaban J connectivity index is 2.19. The minimum absolute atomic E-state index is 0.358. The minimum Gasteiger partial charge on any atom is -0.368 e. The van der Waals surface area contributed by atoms with Gasteiger partial charge in [0.2, 0.25) is 5.91 Å². The fraction of sp³-hybridized carbons (Fsp3) is 0.278. The van der Waals surface area contributed by atoms with E-state index in [0.29, 0.717) is 6.54 Å². The molecule has 2 aromatic carbocycles. The summed E-state index contributed by atoms with van der Waals surface area (Å²) in [5.74, 6) is -0.358. The van der Waals surface area contributed by atoms with Gasteiger partial charge in [-0.15, -0.1) is 0 Å². The molecule has 3 heteroatoms. The molecule has 0 bridgehead atoms. The summed E-state index contributed by atoms with van der Waals surface area (Å²) < 4.78 is 0. The highest BCUT2D eigenvalue weighted by molar-refractivity contribution is 5.81. The average molecular weight is 282 g/mol. The smallest absolute Gasteiger partial charge is 0.239 e. The first kappa shape index (κ1) is 15.3. The molecular weight excluding hydrogens is 260 g/mol. The van der Waals surface area contributed by atoms with Crippen LogP contribution in [0, 0.1) is 20.8 Å². The Morgan fingerprint density at radius 2 is 1.67 bits per heavy atom. The third-order valence-electron chi connectivity index (χ3n) is 3.74. The zero-order valence-corrected chi connectivity index (χ0v) is 12.8. The van der Waals surface area contributed by atoms with Crippen molar-refractivity contribution in [3.05, 3.63) is 70.3 Å². The van der Waals surface area contributed by atoms with Crippen LogP contribution >= 0.6 is 0 Å². The van der Waals surface area contributed by atoms with Crippen molar-refractivity contribution in [2.24, 2.45) is 5.73 Å². The van der Waals surface area contributed by atoms with Crippen molar-refractivity contribution < 1.29 is 4.79 Å². The predicted octanol–water partition coefficient (Wildman–Crippen LogP) is 2.93. The molecule has 0 saturated heterocycles. The van der Waals surface area contributed by atoms with Crippen LogP contribution in [0.25, 0.3) is 0 Å². The van der Waals surface area contributed by atoms with Crippen molar-refractivity contribution in [2.75, 3.05) is 0 Å². The Kier molecular flexibility index (Phi) is 4.76. The summed E-state index contributed by atoms with van der Waals surface area (Å²) >= 11 is 0. The summed E-state index contributed by atoms with van der Waals surface area (Å²) in [7, 11) is 0. The van der Waals surface area contributed by atoms with Crippen LogP contribution in [-0.4, -0.2) is 5.91 Å². The number of hydrogen-bond acceptors (Lipinski definition) is 2. The second kappa shape index (κ2) is 6.55. The number of rotatable bonds is 5. The topological polar surface area (TPSA) is 55.1 Å². The molecule has 0 heterocycles. The van der Waals surface area contributed by atoms with Gasteiger partial charge in [-0.3, -0.25) is 10.1 Å². The molecule has 0 saturated carbocycles. The SMILES string of the molecule is Cc1cc(C)c(CN[C@H](C(N)=O)c2ccccc2)c(C)c1. The third-order valence-corrected chi connectivity index (χ3v) is 3.74. The highest BCUT2D eigenvalue weighted by Crippen LogP contribution is 2.18. The maximum Gasteiger partial charge on any atom is 0.239 e. The summed E-state index contributed by atoms with van der Waals surface area (Å²) in [5.41, 5.74) is 11.4. The normalized spacial score (nSPS) is 12.1. The molecule has 2 rings (SSSR count). The van der Waals surface area contributed by atoms with Gasteiger partial charge in [0.05, 0.1) is 0 Å². The first-order chi connectivity index (χ1) is 9.99. The minimum atomic E-state index is -0.466. The summed E-state index contributed by atoms with van der Waals surface area (Å²) in [6.07, 6.45) is 0. The van der Waals surface area contributed by atoms with Gasteiger partial charge in [-0.1, -0.05) is 48.0 Å². The molecule has 3 N–H and O–H groups in total. The lowest BCUT2D eigenvalue weighted by Gasteiger charge is -2.18. The molecule has 0 aliphatic heterocycles. The van der Waals surface area contributed by atoms with Gasteiger partial charge in [0, 0.05) is 6.54 Å². The number of primary amides is 1. The van der Waals surface area contributed by atoms with Crippen LogP contribution in [0.2, 0.25) is 0 Å². The van der Waals surface area contributed by atoms with E-state index in [1.165, 1.54) is 22.3 Å². The Bertz CT molecular complexity index is 612. The number of amides is 1. The first-order valence-corrected chi connectivity index (χ1v) is 7.13. The number of nitrogens with one attached hydrogen (secondary N) is 1. The number of hydrogen-bond donors (Lipinski definition) is 2. The lowest BCUT2D eigenvalue weighted by Crippen LogP contribution is -2.33. The van der Waals surface area contributed by atoms with Gasteiger partial charge in [0.15, 0.2) is 0 Å². The maximum atomic E-state index is 11.7. The zero-order chi connectivity index (χ0) is 15.4. The Morgan fingerprint density at radius 3 is 2.19 bits per heavy atom. The van der Waals surface area contributed by atoms with Crippen LogP contribution in [0.3, 0.4) is 0 Å². The van der Waals surface area contributed by atoms with Crippen LogP contribution in [0.15, 0.2) is 42.5 Å². The molecule has 0 aliphatic carbocycles. The molecule has 0 radical (unpaired) electrons. The molecule has 1 amide bonds. The number of nitrogens with two attached hydrogens (primary N) is 1. The number of carbonyl (C=O) groups excluding carboxylic acids is 1. The molecule has 0 aromatic heterocycles. The Hall–Kier alpha value is -2.13. The van der Waals surface area contributed by atoms with Crippen LogP contribution in [0.1, 0.15) is 33.9 Å². The quantitative estimate of drug-likeness (QED) is 0.886. The van der Waals surface area contributed by atoms with Crippen molar-refractivity contribution in [3.8, 4) is 0 Å². The highest BCUT2D eigenvalue weighted by atomic mass is 16.1. The van der Waals surface area contributed by atoms with Gasteiger partial charge in [-0.25, -0.2) is 0 Å². The summed E-state index contributed by atoms with van der Waals surface area (Å²) in [6, 6.07) is 13.4. The highest BCUT2D eigenvalue weighted by Gasteiger charge is 2.17. The molecule has 0 aliphatic rings. The van der Waals surface area contributed by atoms with Gasteiger partial charge in [0.25, 0.3) is 0 Å². The van der Waals surface area contributed by atoms with Crippen molar-refractivity contribution in [1.29, 1.82) is 0 Å². The van der Waals surface area contributed by atoms with Crippen LogP contribution in [-0.2, 0) is 11.3 Å². The number of benzene rings is 2. The van der Waals surface area contributed by atoms with E-state index in [-0.39, 0.29) is 5.91 Å².